The van der Waals surface area contributed by atoms with Gasteiger partial charge in [-0.3, -0.25) is 14.9 Å². The first-order chi connectivity index (χ1) is 64.8. The number of aliphatic hydroxyl groups is 1. The molecule has 1 aromatic heterocycles. The highest BCUT2D eigenvalue weighted by Gasteiger charge is 2.31. The van der Waals surface area contributed by atoms with Crippen molar-refractivity contribution in [3.8, 4) is 28.7 Å². The van der Waals surface area contributed by atoms with Crippen molar-refractivity contribution in [2.45, 2.75) is 268 Å². The zero-order valence-electron chi connectivity index (χ0n) is 107. The van der Waals surface area contributed by atoms with Crippen molar-refractivity contribution < 1.29 is 122 Å². The second kappa shape index (κ2) is 34.6. The molecule has 7 rings (SSSR count). The standard InChI is InChI=1S/C16H24O3.C14H21NO3.C14H23NO.C14H22O.C10H7NO3.C10H14O.C4H10O.CH4/c1-15(2,3)11-8-9-13(19-14(17)18-7)12(10-11)16(4,5)6;1-13(2,3)9-7-10(14(4,5)6)12(16)8-11(9)15(17)18;1-13(2,3)9-7-10(14(4,5)6)12(16)8-11(9)15;1-13(2,3)10-7-8-12(15)11(9-10)14(4,5)6;12-9-6-3-1-2-4-8(6)11-5-7(9)10(13)14;1-10(2,3)8-4-6-9(11)7-5-8;1-4(2,3)5;/h8-10H,1-7H3;7-8,16H,1-6H3;7-8,16H,15H2,1-6H3;7-9,15H,1-6H3;1-5H,(H,11,12)(H,13,14);4-7,11H,1-3H3;5H,1-3H3;1H4/i4D3,5D3,6D3,9D;3*4D3,5D3,6D3,8D;;;1D3,2D3,3D3,5D;. The number of nitro groups is 1. The lowest BCUT2D eigenvalue weighted by atomic mass is 9.79. The molecule has 99 heavy (non-hydrogen) atoms. The number of nitrogens with two attached hydrogens (primary N) is 1. The van der Waals surface area contributed by atoms with E-state index in [1.54, 1.807) is 98.7 Å². The number of carbonyl (C=O) groups excluding carboxylic acids is 1. The van der Waals surface area contributed by atoms with Gasteiger partial charge in [0, 0.05) is 107 Å². The largest absolute Gasteiger partial charge is 0.513 e. The molecule has 0 unspecified atom stereocenters. The molecule has 0 radical (unpaired) electrons. The summed E-state index contributed by atoms with van der Waals surface area (Å²) in [6, 6.07) is 17.6. The van der Waals surface area contributed by atoms with Crippen LogP contribution in [-0.2, 0) is 53.5 Å². The van der Waals surface area contributed by atoms with Gasteiger partial charge in [0.1, 0.15) is 34.3 Å². The molecule has 9 N–H and O–H groups in total. The Morgan fingerprint density at radius 3 is 1.36 bits per heavy atom. The molecule has 0 saturated heterocycles. The van der Waals surface area contributed by atoms with E-state index in [1.807, 2.05) is 12.1 Å². The van der Waals surface area contributed by atoms with E-state index in [-0.39, 0.29) is 35.2 Å². The predicted molar refractivity (Wildman–Crippen MR) is 411 cm³/mol. The van der Waals surface area contributed by atoms with Gasteiger partial charge in [-0.1, -0.05) is 242 Å². The van der Waals surface area contributed by atoms with Crippen molar-refractivity contribution in [3.05, 3.63) is 191 Å². The van der Waals surface area contributed by atoms with E-state index in [0.717, 1.165) is 31.4 Å². The number of para-hydroxylation sites is 1. The van der Waals surface area contributed by atoms with Crippen molar-refractivity contribution in [1.29, 1.82) is 1.43 Å². The second-order valence-electron chi connectivity index (χ2n) is 27.1. The molecule has 0 fully saturated rings. The number of hydrogen-bond acceptors (Lipinski definition) is 13. The number of pyridine rings is 1. The molecule has 6 aromatic carbocycles. The minimum Gasteiger partial charge on any atom is -0.508 e. The maximum atomic E-state index is 11.7. The van der Waals surface area contributed by atoms with Crippen LogP contribution < -0.4 is 15.9 Å². The fourth-order valence-corrected chi connectivity index (χ4v) is 7.89. The third kappa shape index (κ3) is 29.9. The summed E-state index contributed by atoms with van der Waals surface area (Å²) < 4.78 is 390. The summed E-state index contributed by atoms with van der Waals surface area (Å²) in [5.74, 6) is -5.03. The number of fused-ring (bicyclic) bond motifs is 1. The molecule has 550 valence electrons. The number of aromatic hydroxyl groups is 4. The van der Waals surface area contributed by atoms with E-state index in [4.69, 9.17) is 89.3 Å². The lowest BCUT2D eigenvalue weighted by Crippen LogP contribution is -2.19. The number of carboxylic acid groups (broad SMARTS) is 1. The van der Waals surface area contributed by atoms with Crippen LogP contribution >= 0.6 is 0 Å². The monoisotopic (exact) mass is 1420 g/mol. The summed E-state index contributed by atoms with van der Waals surface area (Å²) in [6.45, 7) is -26.8. The summed E-state index contributed by atoms with van der Waals surface area (Å²) in [6.07, 6.45) is -0.133. The van der Waals surface area contributed by atoms with E-state index >= 15 is 0 Å². The van der Waals surface area contributed by atoms with Crippen molar-refractivity contribution in [2.75, 3.05) is 12.8 Å². The van der Waals surface area contributed by atoms with Gasteiger partial charge in [-0.15, -0.1) is 0 Å². The normalized spacial score (nSPS) is 21.3. The van der Waals surface area contributed by atoms with Crippen LogP contribution in [0.2, 0.25) is 0 Å². The maximum Gasteiger partial charge on any atom is 0.513 e. The van der Waals surface area contributed by atoms with Gasteiger partial charge in [0.05, 0.1) is 29.2 Å². The van der Waals surface area contributed by atoms with Crippen LogP contribution in [0.15, 0.2) is 120 Å². The number of ether oxygens (including phenoxy) is 2. The zero-order chi connectivity index (χ0) is 119. The molecule has 16 heteroatoms. The molecular weight excluding hydrogens is 1250 g/mol. The number of methoxy groups -OCH3 is 1. The lowest BCUT2D eigenvalue weighted by Gasteiger charge is -2.27. The number of nitrogens with one attached hydrogen (secondary N) is 1. The average molecular weight is 1420 g/mol. The molecule has 0 aliphatic rings. The average Bonchev–Trinajstić information content (AvgIpc) is 0.701. The van der Waals surface area contributed by atoms with E-state index in [9.17, 15) is 39.8 Å². The molecule has 0 aliphatic carbocycles. The first-order valence-electron chi connectivity index (χ1n) is 53.9. The quantitative estimate of drug-likeness (QED) is 0.0269. The Balaban J connectivity index is 0.00000175. The fraction of sp³-hybridized carbons (Fsp3) is 0.506. The first-order valence-corrected chi connectivity index (χ1v) is 29.0. The Kier molecular flexibility index (Phi) is 13.1. The highest BCUT2D eigenvalue weighted by molar-refractivity contribution is 5.92. The minimum absolute atomic E-state index is 0. The molecule has 1 heterocycles. The number of phenols is 4. The summed E-state index contributed by atoms with van der Waals surface area (Å²) >= 11 is 0. The smallest absolute Gasteiger partial charge is 0.508 e. The van der Waals surface area contributed by atoms with Gasteiger partial charge < -0.3 is 50.8 Å². The topological polar surface area (TPSA) is 276 Å². The third-order valence-electron chi connectivity index (χ3n) is 13.2. The number of aromatic amines is 1. The van der Waals surface area contributed by atoms with Crippen molar-refractivity contribution in [2.24, 2.45) is 0 Å². The summed E-state index contributed by atoms with van der Waals surface area (Å²) in [7, 11) is 0.958. The Bertz CT molecular complexity index is 5680. The van der Waals surface area contributed by atoms with Crippen molar-refractivity contribution >= 4 is 34.4 Å². The van der Waals surface area contributed by atoms with Gasteiger partial charge in [-0.2, -0.15) is 0 Å². The second-order valence-corrected chi connectivity index (χ2v) is 27.1. The number of carboxylic acids is 1. The lowest BCUT2D eigenvalue weighted by molar-refractivity contribution is -0.386. The number of carbonyl (C=O) groups is 2. The Morgan fingerprint density at radius 1 is 0.535 bits per heavy atom. The summed E-state index contributed by atoms with van der Waals surface area (Å²) in [5, 5.41) is 64.2. The summed E-state index contributed by atoms with van der Waals surface area (Å²) in [4.78, 5) is 47.1. The number of anilines is 1. The number of rotatable bonds is 3. The van der Waals surface area contributed by atoms with Crippen molar-refractivity contribution in [3.63, 3.8) is 0 Å². The maximum absolute atomic E-state index is 11.7. The number of aromatic nitrogens is 1. The van der Waals surface area contributed by atoms with E-state index in [1.165, 1.54) is 44.7 Å². The number of nitro benzene ring substituents is 1. The number of aromatic carboxylic acids is 1. The summed E-state index contributed by atoms with van der Waals surface area (Å²) in [5.41, 5.74) is -17.1. The van der Waals surface area contributed by atoms with Crippen LogP contribution in [0.4, 0.5) is 16.2 Å². The van der Waals surface area contributed by atoms with Gasteiger partial charge in [-0.05, 0) is 151 Å². The highest BCUT2D eigenvalue weighted by atomic mass is 16.7. The zero-order valence-corrected chi connectivity index (χ0v) is 57.2. The van der Waals surface area contributed by atoms with Gasteiger partial charge in [0.25, 0.3) is 5.69 Å². The predicted octanol–water partition coefficient (Wildman–Crippen LogP) is 21.2. The van der Waals surface area contributed by atoms with Crippen LogP contribution in [-0.4, -0.2) is 66.8 Å². The number of nitrogen functional groups attached to an aromatic ring is 1. The molecule has 7 aromatic rings. The van der Waals surface area contributed by atoms with Crippen LogP contribution in [0.25, 0.3) is 10.9 Å². The molecule has 0 amide bonds. The van der Waals surface area contributed by atoms with Crippen LogP contribution in [0.3, 0.4) is 0 Å². The SMILES string of the molecule is C.CC(C)(C)c1ccc(O)cc1.O=C(O)c1c[nH]c2ccccc2c1=O.[2H]OC(C([2H])([2H])[2H])(C([2H])([2H])[2H])C([2H])([2H])[2H].[2H]c1c(N)c(C(C)(C)C)cc(C(C([2H])([2H])[2H])(C([2H])([2H])[2H])C([2H])([2H])[2H])c1O.[2H]c1c(O)c(C(C([2H])([2H])[2H])(C([2H])([2H])[2H])C([2H])([2H])[2H])cc(C(C)(C)C)c1[N+](=O)[O-].[2H]c1cc(C(C)(C)C)cc(C(C([2H])([2H])[2H])(C([2H])([2H])[2H])C([2H])([2H])[2H])c1O.[2H]c1cc(C(C)(C)C)cc(C(C([2H])([2H])[2H])(C([2H])([2H])[2H])C([2H])([2H])[2H])c1OC(=O)OC. The van der Waals surface area contributed by atoms with Crippen molar-refractivity contribution in [1.82, 2.24) is 4.98 Å². The molecule has 0 bridgehead atoms. The van der Waals surface area contributed by atoms with E-state index < -0.39 is 249 Å². The number of H-pyrrole nitrogens is 1. The Hall–Kier alpha value is -8.37. The molecular formula is C83H125N3O13. The molecule has 16 nitrogen and oxygen atoms in total. The van der Waals surface area contributed by atoms with Gasteiger partial charge >= 0.3 is 12.1 Å². The third-order valence-corrected chi connectivity index (χ3v) is 13.2. The number of benzene rings is 6. The van der Waals surface area contributed by atoms with Crippen LogP contribution in [0.1, 0.15) is 342 Å². The fourth-order valence-electron chi connectivity index (χ4n) is 7.89. The molecule has 0 aliphatic heterocycles. The van der Waals surface area contributed by atoms with Gasteiger partial charge in [0.15, 0.2) is 0 Å². The Labute approximate surface area is 664 Å². The number of hydrogen-bond donors (Lipinski definition) is 8. The van der Waals surface area contributed by atoms with Gasteiger partial charge in [-0.25, -0.2) is 9.59 Å². The molecule has 0 spiro atoms. The van der Waals surface area contributed by atoms with Gasteiger partial charge in [0.2, 0.25) is 6.86 Å². The number of phenolic OH excluding ortho intramolecular Hbond substituents is 4. The molecule has 0 saturated carbocycles. The Morgan fingerprint density at radius 2 is 0.960 bits per heavy atom. The first kappa shape index (κ1) is 37.3. The number of nitrogens with zero attached hydrogens (tertiary/aromatic N) is 1. The highest BCUT2D eigenvalue weighted by Crippen LogP contribution is 2.42. The van der Waals surface area contributed by atoms with Crippen LogP contribution in [0.5, 0.6) is 28.7 Å². The van der Waals surface area contributed by atoms with E-state index in [2.05, 4.69) is 35.6 Å². The van der Waals surface area contributed by atoms with E-state index in [0.29, 0.717) is 27.8 Å². The van der Waals surface area contributed by atoms with Crippen LogP contribution in [0, 0.1) is 10.1 Å². The molecule has 0 atom stereocenters. The minimum atomic E-state index is -3.67.